The van der Waals surface area contributed by atoms with Crippen molar-refractivity contribution in [1.29, 1.82) is 0 Å². The van der Waals surface area contributed by atoms with Crippen molar-refractivity contribution >= 4 is 17.5 Å². The van der Waals surface area contributed by atoms with Gasteiger partial charge in [0.25, 0.3) is 5.91 Å². The number of carbonyl (C=O) groups is 1. The molecule has 0 unspecified atom stereocenters. The molecule has 0 saturated carbocycles. The largest absolute Gasteiger partial charge is 0.445 e. The second-order valence-corrected chi connectivity index (χ2v) is 6.94. The second kappa shape index (κ2) is 7.53. The lowest BCUT2D eigenvalue weighted by Crippen LogP contribution is -2.36. The van der Waals surface area contributed by atoms with Crippen molar-refractivity contribution in [3.05, 3.63) is 87.8 Å². The molecular weight excluding hydrogens is 367 g/mol. The molecule has 0 saturated heterocycles. The summed E-state index contributed by atoms with van der Waals surface area (Å²) < 4.78 is 19.9. The lowest BCUT2D eigenvalue weighted by Gasteiger charge is -2.25. The van der Waals surface area contributed by atoms with Gasteiger partial charge in [0.2, 0.25) is 0 Å². The molecule has 1 aliphatic heterocycles. The number of rotatable bonds is 4. The predicted molar refractivity (Wildman–Crippen MR) is 100 cm³/mol. The van der Waals surface area contributed by atoms with E-state index in [1.165, 1.54) is 23.8 Å². The summed E-state index contributed by atoms with van der Waals surface area (Å²) in [5, 5.41) is 0.120. The van der Waals surface area contributed by atoms with Gasteiger partial charge in [0.15, 0.2) is 5.89 Å². The van der Waals surface area contributed by atoms with Gasteiger partial charge >= 0.3 is 0 Å². The highest BCUT2D eigenvalue weighted by atomic mass is 35.5. The third kappa shape index (κ3) is 3.74. The summed E-state index contributed by atoms with van der Waals surface area (Å²) in [6, 6.07) is 14.4. The van der Waals surface area contributed by atoms with E-state index in [1.807, 2.05) is 18.2 Å². The molecule has 4 rings (SSSR count). The molecule has 1 amide bonds. The van der Waals surface area contributed by atoms with Crippen LogP contribution in [-0.2, 0) is 25.8 Å². The zero-order valence-corrected chi connectivity index (χ0v) is 15.4. The lowest BCUT2D eigenvalue weighted by atomic mass is 10.1. The average Bonchev–Trinajstić information content (AvgIpc) is 3.09. The zero-order valence-electron chi connectivity index (χ0n) is 14.6. The van der Waals surface area contributed by atoms with Crippen molar-refractivity contribution in [2.75, 3.05) is 6.54 Å². The number of hydrogen-bond acceptors (Lipinski definition) is 3. The summed E-state index contributed by atoms with van der Waals surface area (Å²) in [6.45, 7) is 0.748. The van der Waals surface area contributed by atoms with E-state index in [1.54, 1.807) is 4.90 Å². The standard InChI is InChI=1S/C21H18ClFN2O2/c22-15-7-4-8-16(23)20(15)21(26)25-12-11-18-17(13-25)24-19(27-18)10-9-14-5-2-1-3-6-14/h1-8H,9-13H2. The smallest absolute Gasteiger partial charge is 0.258 e. The molecule has 1 aromatic heterocycles. The van der Waals surface area contributed by atoms with E-state index >= 15 is 0 Å². The predicted octanol–water partition coefficient (Wildman–Crippen LogP) is 4.45. The van der Waals surface area contributed by atoms with E-state index in [0.29, 0.717) is 31.8 Å². The lowest BCUT2D eigenvalue weighted by molar-refractivity contribution is 0.0723. The van der Waals surface area contributed by atoms with Crippen molar-refractivity contribution in [1.82, 2.24) is 9.88 Å². The van der Waals surface area contributed by atoms with Gasteiger partial charge in [-0.3, -0.25) is 4.79 Å². The van der Waals surface area contributed by atoms with Crippen LogP contribution in [-0.4, -0.2) is 22.3 Å². The van der Waals surface area contributed by atoms with Crippen molar-refractivity contribution < 1.29 is 13.6 Å². The minimum atomic E-state index is -0.609. The summed E-state index contributed by atoms with van der Waals surface area (Å²) in [6.07, 6.45) is 2.10. The van der Waals surface area contributed by atoms with Crippen molar-refractivity contribution in [3.63, 3.8) is 0 Å². The number of fused-ring (bicyclic) bond motifs is 1. The van der Waals surface area contributed by atoms with Gasteiger partial charge in [-0.05, 0) is 24.1 Å². The summed E-state index contributed by atoms with van der Waals surface area (Å²) in [7, 11) is 0. The highest BCUT2D eigenvalue weighted by Gasteiger charge is 2.28. The molecule has 3 aromatic rings. The van der Waals surface area contributed by atoms with Gasteiger partial charge in [-0.1, -0.05) is 48.0 Å². The molecule has 0 atom stereocenters. The Bertz CT molecular complexity index is 951. The van der Waals surface area contributed by atoms with Crippen LogP contribution in [0.25, 0.3) is 0 Å². The van der Waals surface area contributed by atoms with E-state index in [4.69, 9.17) is 16.0 Å². The van der Waals surface area contributed by atoms with Gasteiger partial charge in [-0.15, -0.1) is 0 Å². The molecule has 0 spiro atoms. The minimum absolute atomic E-state index is 0.0876. The van der Waals surface area contributed by atoms with Crippen LogP contribution in [0, 0.1) is 5.82 Å². The SMILES string of the molecule is O=C(c1c(F)cccc1Cl)N1CCc2oc(CCc3ccccc3)nc2C1. The first-order valence-electron chi connectivity index (χ1n) is 8.86. The van der Waals surface area contributed by atoms with Crippen LogP contribution >= 0.6 is 11.6 Å². The third-order valence-corrected chi connectivity index (χ3v) is 5.02. The topological polar surface area (TPSA) is 46.3 Å². The van der Waals surface area contributed by atoms with Crippen LogP contribution in [0.5, 0.6) is 0 Å². The molecule has 0 N–H and O–H groups in total. The van der Waals surface area contributed by atoms with E-state index in [9.17, 15) is 9.18 Å². The maximum absolute atomic E-state index is 14.1. The van der Waals surface area contributed by atoms with Gasteiger partial charge in [0, 0.05) is 19.4 Å². The maximum atomic E-state index is 14.1. The highest BCUT2D eigenvalue weighted by Crippen LogP contribution is 2.25. The molecule has 138 valence electrons. The number of oxazole rings is 1. The Morgan fingerprint density at radius 3 is 2.74 bits per heavy atom. The molecule has 0 radical (unpaired) electrons. The highest BCUT2D eigenvalue weighted by molar-refractivity contribution is 6.33. The van der Waals surface area contributed by atoms with Crippen LogP contribution in [0.3, 0.4) is 0 Å². The first-order chi connectivity index (χ1) is 13.1. The molecule has 0 fully saturated rings. The number of benzene rings is 2. The van der Waals surface area contributed by atoms with Crippen LogP contribution in [0.1, 0.15) is 33.3 Å². The molecule has 2 heterocycles. The molecule has 0 bridgehead atoms. The van der Waals surface area contributed by atoms with Crippen LogP contribution in [0.15, 0.2) is 52.9 Å². The number of aromatic nitrogens is 1. The van der Waals surface area contributed by atoms with Gasteiger partial charge in [0.1, 0.15) is 17.3 Å². The maximum Gasteiger partial charge on any atom is 0.258 e. The molecule has 4 nitrogen and oxygen atoms in total. The monoisotopic (exact) mass is 384 g/mol. The summed E-state index contributed by atoms with van der Waals surface area (Å²) in [4.78, 5) is 18.8. The van der Waals surface area contributed by atoms with Crippen molar-refractivity contribution in [2.45, 2.75) is 25.8 Å². The molecule has 6 heteroatoms. The summed E-state index contributed by atoms with van der Waals surface area (Å²) >= 11 is 6.03. The van der Waals surface area contributed by atoms with E-state index in [2.05, 4.69) is 17.1 Å². The molecule has 1 aliphatic rings. The Morgan fingerprint density at radius 2 is 1.96 bits per heavy atom. The van der Waals surface area contributed by atoms with Gasteiger partial charge in [-0.25, -0.2) is 9.37 Å². The van der Waals surface area contributed by atoms with E-state index in [-0.39, 0.29) is 10.6 Å². The normalized spacial score (nSPS) is 13.5. The third-order valence-electron chi connectivity index (χ3n) is 4.71. The molecule has 2 aromatic carbocycles. The number of hydrogen-bond donors (Lipinski definition) is 0. The number of nitrogens with zero attached hydrogens (tertiary/aromatic N) is 2. The van der Waals surface area contributed by atoms with Crippen LogP contribution < -0.4 is 0 Å². The van der Waals surface area contributed by atoms with E-state index < -0.39 is 11.7 Å². The quantitative estimate of drug-likeness (QED) is 0.667. The summed E-state index contributed by atoms with van der Waals surface area (Å²) in [5.41, 5.74) is 1.88. The Labute approximate surface area is 161 Å². The fraction of sp³-hybridized carbons (Fsp3) is 0.238. The minimum Gasteiger partial charge on any atom is -0.445 e. The molecular formula is C21H18ClFN2O2. The Hall–Kier alpha value is -2.66. The van der Waals surface area contributed by atoms with Crippen LogP contribution in [0.4, 0.5) is 4.39 Å². The average molecular weight is 385 g/mol. The zero-order chi connectivity index (χ0) is 18.8. The fourth-order valence-corrected chi connectivity index (χ4v) is 3.53. The van der Waals surface area contributed by atoms with Crippen molar-refractivity contribution in [3.8, 4) is 0 Å². The van der Waals surface area contributed by atoms with Gasteiger partial charge in [-0.2, -0.15) is 0 Å². The van der Waals surface area contributed by atoms with Crippen molar-refractivity contribution in [2.24, 2.45) is 0 Å². The van der Waals surface area contributed by atoms with Gasteiger partial charge in [0.05, 0.1) is 17.1 Å². The number of aryl methyl sites for hydroxylation is 2. The molecule has 0 aliphatic carbocycles. The van der Waals surface area contributed by atoms with Gasteiger partial charge < -0.3 is 9.32 Å². The Kier molecular flexibility index (Phi) is 4.94. The molecule has 27 heavy (non-hydrogen) atoms. The second-order valence-electron chi connectivity index (χ2n) is 6.54. The Morgan fingerprint density at radius 1 is 1.15 bits per heavy atom. The number of amides is 1. The fourth-order valence-electron chi connectivity index (χ4n) is 3.29. The Balaban J connectivity index is 1.47. The number of halogens is 2. The van der Waals surface area contributed by atoms with Crippen LogP contribution in [0.2, 0.25) is 5.02 Å². The summed E-state index contributed by atoms with van der Waals surface area (Å²) in [5.74, 6) is 0.448. The number of carbonyl (C=O) groups excluding carboxylic acids is 1. The first kappa shape index (κ1) is 17.7. The van der Waals surface area contributed by atoms with E-state index in [0.717, 1.165) is 17.9 Å². The first-order valence-corrected chi connectivity index (χ1v) is 9.24.